The fourth-order valence-corrected chi connectivity index (χ4v) is 3.59. The van der Waals surface area contributed by atoms with Crippen LogP contribution in [0.2, 0.25) is 0 Å². The van der Waals surface area contributed by atoms with Crippen molar-refractivity contribution in [1.82, 2.24) is 10.2 Å². The molecule has 1 aliphatic heterocycles. The Labute approximate surface area is 132 Å². The molecular formula is C16H15N3O2S. The number of thioether (sulfide) groups is 1. The van der Waals surface area contributed by atoms with Crippen molar-refractivity contribution < 1.29 is 9.53 Å². The number of aryl methyl sites for hydroxylation is 1. The molecular weight excluding hydrogens is 298 g/mol. The topological polar surface area (TPSA) is 67.0 Å². The number of carbonyl (C=O) groups excluding carboxylic acids is 1. The average molecular weight is 313 g/mol. The van der Waals surface area contributed by atoms with Gasteiger partial charge in [0.2, 0.25) is 5.91 Å². The molecule has 5 nitrogen and oxygen atoms in total. The van der Waals surface area contributed by atoms with Gasteiger partial charge in [0.05, 0.1) is 11.0 Å². The summed E-state index contributed by atoms with van der Waals surface area (Å²) in [5.41, 5.74) is 3.08. The van der Waals surface area contributed by atoms with Crippen LogP contribution in [-0.4, -0.2) is 28.5 Å². The lowest BCUT2D eigenvalue weighted by molar-refractivity contribution is -0.113. The van der Waals surface area contributed by atoms with Crippen molar-refractivity contribution >= 4 is 23.5 Å². The van der Waals surface area contributed by atoms with Gasteiger partial charge in [-0.05, 0) is 24.6 Å². The zero-order chi connectivity index (χ0) is 15.5. The van der Waals surface area contributed by atoms with Crippen LogP contribution in [0.3, 0.4) is 0 Å². The molecule has 2 heterocycles. The van der Waals surface area contributed by atoms with Crippen molar-refractivity contribution in [1.29, 1.82) is 0 Å². The Balaban J connectivity index is 1.92. The van der Waals surface area contributed by atoms with Crippen molar-refractivity contribution in [2.45, 2.75) is 12.2 Å². The van der Waals surface area contributed by atoms with Gasteiger partial charge < -0.3 is 10.1 Å². The molecule has 1 aliphatic rings. The van der Waals surface area contributed by atoms with E-state index in [4.69, 9.17) is 11.2 Å². The van der Waals surface area contributed by atoms with E-state index in [-0.39, 0.29) is 17.8 Å². The van der Waals surface area contributed by atoms with Crippen LogP contribution in [-0.2, 0) is 4.79 Å². The average Bonchev–Trinajstić information content (AvgIpc) is 2.78. The molecule has 1 aromatic carbocycles. The highest BCUT2D eigenvalue weighted by Gasteiger charge is 2.28. The maximum Gasteiger partial charge on any atom is 0.235 e. The summed E-state index contributed by atoms with van der Waals surface area (Å²) in [5.74, 6) is 4.16. The maximum atomic E-state index is 11.8. The summed E-state index contributed by atoms with van der Waals surface area (Å²) in [6, 6.07) is 7.77. The summed E-state index contributed by atoms with van der Waals surface area (Å²) in [5, 5.41) is 10.0. The van der Waals surface area contributed by atoms with Crippen molar-refractivity contribution in [2.75, 3.05) is 17.7 Å². The maximum absolute atomic E-state index is 11.8. The van der Waals surface area contributed by atoms with E-state index < -0.39 is 0 Å². The molecule has 1 amide bonds. The van der Waals surface area contributed by atoms with Crippen molar-refractivity contribution in [2.24, 2.45) is 0 Å². The predicted molar refractivity (Wildman–Crippen MR) is 87.0 cm³/mol. The van der Waals surface area contributed by atoms with Gasteiger partial charge in [-0.2, -0.15) is 5.10 Å². The number of ether oxygens (including phenoxy) is 1. The normalized spacial score (nSPS) is 17.1. The second kappa shape index (κ2) is 6.16. The van der Waals surface area contributed by atoms with Crippen LogP contribution in [0.4, 0.5) is 5.82 Å². The smallest absolute Gasteiger partial charge is 0.235 e. The Hall–Kier alpha value is -2.39. The largest absolute Gasteiger partial charge is 0.481 e. The highest BCUT2D eigenvalue weighted by atomic mass is 32.2. The number of anilines is 1. The summed E-state index contributed by atoms with van der Waals surface area (Å²) in [6.07, 6.45) is 5.18. The number of aromatic nitrogens is 2. The van der Waals surface area contributed by atoms with E-state index in [1.165, 1.54) is 0 Å². The third kappa shape index (κ3) is 2.81. The van der Waals surface area contributed by atoms with Gasteiger partial charge in [0, 0.05) is 11.3 Å². The monoisotopic (exact) mass is 313 g/mol. The lowest BCUT2D eigenvalue weighted by Crippen LogP contribution is -2.12. The lowest BCUT2D eigenvalue weighted by Gasteiger charge is -2.15. The number of terminal acetylenes is 1. The first kappa shape index (κ1) is 14.5. The van der Waals surface area contributed by atoms with Crippen molar-refractivity contribution in [3.8, 4) is 18.1 Å². The third-order valence-corrected chi connectivity index (χ3v) is 4.67. The zero-order valence-electron chi connectivity index (χ0n) is 12.1. The predicted octanol–water partition coefficient (Wildman–Crippen LogP) is 2.50. The van der Waals surface area contributed by atoms with Crippen molar-refractivity contribution in [3.63, 3.8) is 0 Å². The number of aromatic amines is 1. The molecule has 0 saturated carbocycles. The quantitative estimate of drug-likeness (QED) is 0.855. The molecule has 0 radical (unpaired) electrons. The Bertz CT molecular complexity index is 731. The van der Waals surface area contributed by atoms with Gasteiger partial charge in [-0.15, -0.1) is 18.2 Å². The van der Waals surface area contributed by atoms with Crippen LogP contribution in [0.1, 0.15) is 22.1 Å². The zero-order valence-corrected chi connectivity index (χ0v) is 12.9. The number of H-pyrrole nitrogens is 1. The van der Waals surface area contributed by atoms with E-state index in [2.05, 4.69) is 21.4 Å². The first-order valence-corrected chi connectivity index (χ1v) is 7.86. The summed E-state index contributed by atoms with van der Waals surface area (Å²) in [4.78, 5) is 11.8. The lowest BCUT2D eigenvalue weighted by atomic mass is 10.0. The molecule has 2 N–H and O–H groups in total. The SMILES string of the molecule is C#CCOc1ccc([C@H]2SCC(=O)Nc3n[nH]c(C)c32)cc1. The number of nitrogens with zero attached hydrogens (tertiary/aromatic N) is 1. The number of amides is 1. The van der Waals surface area contributed by atoms with Crippen LogP contribution in [0.15, 0.2) is 24.3 Å². The van der Waals surface area contributed by atoms with Gasteiger partial charge in [0.25, 0.3) is 0 Å². The first-order valence-electron chi connectivity index (χ1n) is 6.81. The molecule has 0 spiro atoms. The summed E-state index contributed by atoms with van der Waals surface area (Å²) in [7, 11) is 0. The Morgan fingerprint density at radius 3 is 2.95 bits per heavy atom. The molecule has 3 rings (SSSR count). The fourth-order valence-electron chi connectivity index (χ4n) is 2.39. The van der Waals surface area contributed by atoms with E-state index >= 15 is 0 Å². The van der Waals surface area contributed by atoms with E-state index in [1.807, 2.05) is 31.2 Å². The number of fused-ring (bicyclic) bond motifs is 1. The second-order valence-corrected chi connectivity index (χ2v) is 6.01. The highest BCUT2D eigenvalue weighted by Crippen LogP contribution is 2.42. The summed E-state index contributed by atoms with van der Waals surface area (Å²) < 4.78 is 5.39. The van der Waals surface area contributed by atoms with E-state index in [9.17, 15) is 4.79 Å². The molecule has 2 aromatic rings. The molecule has 0 bridgehead atoms. The highest BCUT2D eigenvalue weighted by molar-refractivity contribution is 8.00. The Morgan fingerprint density at radius 1 is 1.45 bits per heavy atom. The van der Waals surface area contributed by atoms with Crippen LogP contribution in [0.25, 0.3) is 0 Å². The van der Waals surface area contributed by atoms with E-state index in [1.54, 1.807) is 11.8 Å². The molecule has 1 aromatic heterocycles. The Morgan fingerprint density at radius 2 is 2.23 bits per heavy atom. The van der Waals surface area contributed by atoms with Gasteiger partial charge in [-0.25, -0.2) is 0 Å². The number of hydrogen-bond acceptors (Lipinski definition) is 4. The number of benzene rings is 1. The third-order valence-electron chi connectivity index (χ3n) is 3.40. The minimum Gasteiger partial charge on any atom is -0.481 e. The van der Waals surface area contributed by atoms with Gasteiger partial charge >= 0.3 is 0 Å². The van der Waals surface area contributed by atoms with Crippen molar-refractivity contribution in [3.05, 3.63) is 41.1 Å². The number of rotatable bonds is 3. The van der Waals surface area contributed by atoms with Crippen LogP contribution in [0, 0.1) is 19.3 Å². The Kier molecular flexibility index (Phi) is 4.07. The molecule has 0 fully saturated rings. The van der Waals surface area contributed by atoms with Crippen LogP contribution in [0.5, 0.6) is 5.75 Å². The van der Waals surface area contributed by atoms with Gasteiger partial charge in [0.1, 0.15) is 12.4 Å². The molecule has 0 saturated heterocycles. The minimum atomic E-state index is -0.0331. The number of carbonyl (C=O) groups is 1. The number of hydrogen-bond donors (Lipinski definition) is 2. The molecule has 0 unspecified atom stereocenters. The summed E-state index contributed by atoms with van der Waals surface area (Å²) in [6.45, 7) is 2.21. The van der Waals surface area contributed by atoms with Gasteiger partial charge in [-0.1, -0.05) is 18.1 Å². The molecule has 22 heavy (non-hydrogen) atoms. The summed E-state index contributed by atoms with van der Waals surface area (Å²) >= 11 is 1.59. The van der Waals surface area contributed by atoms with E-state index in [0.29, 0.717) is 11.6 Å². The molecule has 0 aliphatic carbocycles. The first-order chi connectivity index (χ1) is 10.7. The van der Waals surface area contributed by atoms with Crippen LogP contribution < -0.4 is 10.1 Å². The molecule has 6 heteroatoms. The minimum absolute atomic E-state index is 0.0331. The fraction of sp³-hybridized carbons (Fsp3) is 0.250. The van der Waals surface area contributed by atoms with Gasteiger partial charge in [-0.3, -0.25) is 9.89 Å². The van der Waals surface area contributed by atoms with Crippen LogP contribution >= 0.6 is 11.8 Å². The number of nitrogens with one attached hydrogen (secondary N) is 2. The van der Waals surface area contributed by atoms with E-state index in [0.717, 1.165) is 22.6 Å². The van der Waals surface area contributed by atoms with Gasteiger partial charge in [0.15, 0.2) is 5.82 Å². The molecule has 1 atom stereocenters. The standard InChI is InChI=1S/C16H15N3O2S/c1-3-8-21-12-6-4-11(5-7-12)15-14-10(2)18-19-16(14)17-13(20)9-22-15/h1,4-7,15H,8-9H2,2H3,(H2,17,18,19,20)/t15-/m1/s1. The molecule has 112 valence electrons. The second-order valence-electron chi connectivity index (χ2n) is 4.91.